The first kappa shape index (κ1) is 20.9. The summed E-state index contributed by atoms with van der Waals surface area (Å²) in [6.07, 6.45) is 2.31. The number of nitrogens with zero attached hydrogens (tertiary/aromatic N) is 4. The molecular weight excluding hydrogens is 368 g/mol. The predicted octanol–water partition coefficient (Wildman–Crippen LogP) is 3.43. The Hall–Kier alpha value is -2.87. The highest BCUT2D eigenvalue weighted by atomic mass is 16.3. The Labute approximate surface area is 171 Å². The predicted molar refractivity (Wildman–Crippen MR) is 115 cm³/mol. The van der Waals surface area contributed by atoms with Crippen molar-refractivity contribution < 1.29 is 10.2 Å². The third-order valence-corrected chi connectivity index (χ3v) is 4.75. The number of phenolic OH excluding ortho intramolecular Hbond substituents is 1. The van der Waals surface area contributed by atoms with E-state index in [0.717, 1.165) is 23.3 Å². The molecule has 0 radical (unpaired) electrons. The molecule has 1 unspecified atom stereocenters. The number of phenols is 1. The summed E-state index contributed by atoms with van der Waals surface area (Å²) in [5, 5.41) is 26.9. The van der Waals surface area contributed by atoms with Crippen LogP contribution in [0.3, 0.4) is 0 Å². The quantitative estimate of drug-likeness (QED) is 0.460. The number of hydrogen-bond donors (Lipinski definition) is 4. The number of fused-ring (bicyclic) bond motifs is 1. The number of aromatic hydroxyl groups is 1. The van der Waals surface area contributed by atoms with Gasteiger partial charge in [-0.25, -0.2) is 4.98 Å². The molecule has 0 aliphatic rings. The first-order valence-electron chi connectivity index (χ1n) is 9.91. The number of anilines is 2. The molecule has 0 spiro atoms. The van der Waals surface area contributed by atoms with Crippen molar-refractivity contribution in [1.82, 2.24) is 19.5 Å². The van der Waals surface area contributed by atoms with Crippen LogP contribution < -0.4 is 10.6 Å². The molecule has 29 heavy (non-hydrogen) atoms. The molecule has 0 saturated heterocycles. The summed E-state index contributed by atoms with van der Waals surface area (Å²) in [6, 6.07) is 5.65. The van der Waals surface area contributed by atoms with Crippen LogP contribution in [0.5, 0.6) is 5.75 Å². The summed E-state index contributed by atoms with van der Waals surface area (Å²) in [7, 11) is 0. The Morgan fingerprint density at radius 1 is 1.24 bits per heavy atom. The number of para-hydroxylation sites is 1. The number of imidazole rings is 1. The SMILES string of the molecule is CCn1cnc2c(NCc3cccc(C)c3O)nc(NC(C)CC(C)(C)O)nc21. The third kappa shape index (κ3) is 4.95. The topological polar surface area (TPSA) is 108 Å². The Morgan fingerprint density at radius 2 is 2.00 bits per heavy atom. The minimum atomic E-state index is -0.786. The van der Waals surface area contributed by atoms with Crippen LogP contribution in [0.1, 0.15) is 45.2 Å². The molecule has 2 aromatic heterocycles. The molecule has 8 heteroatoms. The molecule has 156 valence electrons. The first-order chi connectivity index (χ1) is 13.7. The normalized spacial score (nSPS) is 12.9. The van der Waals surface area contributed by atoms with Gasteiger partial charge in [0, 0.05) is 24.7 Å². The van der Waals surface area contributed by atoms with Crippen LogP contribution >= 0.6 is 0 Å². The molecule has 1 atom stereocenters. The molecule has 0 aliphatic carbocycles. The second kappa shape index (κ2) is 8.24. The average molecular weight is 399 g/mol. The van der Waals surface area contributed by atoms with Crippen LogP contribution in [0.25, 0.3) is 11.2 Å². The van der Waals surface area contributed by atoms with Gasteiger partial charge in [0.15, 0.2) is 17.0 Å². The number of rotatable bonds is 8. The standard InChI is InChI=1S/C21H30N6O2/c1-6-27-12-23-16-18(22-11-15-9-7-8-13(2)17(15)28)25-20(26-19(16)27)24-14(3)10-21(4,5)29/h7-9,12,14,28-29H,6,10-11H2,1-5H3,(H2,22,24,25,26). The molecule has 0 saturated carbocycles. The second-order valence-electron chi connectivity index (χ2n) is 8.10. The molecule has 3 rings (SSSR count). The molecule has 0 amide bonds. The lowest BCUT2D eigenvalue weighted by molar-refractivity contribution is 0.0672. The minimum absolute atomic E-state index is 0.0147. The van der Waals surface area contributed by atoms with Gasteiger partial charge in [0.2, 0.25) is 5.95 Å². The van der Waals surface area contributed by atoms with E-state index in [4.69, 9.17) is 0 Å². The summed E-state index contributed by atoms with van der Waals surface area (Å²) in [6.45, 7) is 10.6. The van der Waals surface area contributed by atoms with Crippen LogP contribution in [0.15, 0.2) is 24.5 Å². The summed E-state index contributed by atoms with van der Waals surface area (Å²) in [5.74, 6) is 1.35. The number of nitrogens with one attached hydrogen (secondary N) is 2. The molecule has 1 aromatic carbocycles. The molecule has 0 bridgehead atoms. The number of aryl methyl sites for hydroxylation is 2. The maximum atomic E-state index is 10.3. The average Bonchev–Trinajstić information content (AvgIpc) is 3.04. The maximum Gasteiger partial charge on any atom is 0.226 e. The van der Waals surface area contributed by atoms with Gasteiger partial charge in [-0.05, 0) is 46.6 Å². The molecule has 4 N–H and O–H groups in total. The zero-order chi connectivity index (χ0) is 21.2. The molecule has 3 aromatic rings. The minimum Gasteiger partial charge on any atom is -0.507 e. The lowest BCUT2D eigenvalue weighted by Gasteiger charge is -2.23. The van der Waals surface area contributed by atoms with Crippen molar-refractivity contribution in [2.75, 3.05) is 10.6 Å². The second-order valence-corrected chi connectivity index (χ2v) is 8.10. The van der Waals surface area contributed by atoms with Gasteiger partial charge >= 0.3 is 0 Å². The van der Waals surface area contributed by atoms with Crippen LogP contribution in [0, 0.1) is 6.92 Å². The van der Waals surface area contributed by atoms with Gasteiger partial charge in [0.1, 0.15) is 5.75 Å². The largest absolute Gasteiger partial charge is 0.507 e. The van der Waals surface area contributed by atoms with Crippen molar-refractivity contribution in [2.24, 2.45) is 0 Å². The third-order valence-electron chi connectivity index (χ3n) is 4.75. The van der Waals surface area contributed by atoms with E-state index in [1.165, 1.54) is 0 Å². The van der Waals surface area contributed by atoms with E-state index in [2.05, 4.69) is 25.6 Å². The summed E-state index contributed by atoms with van der Waals surface area (Å²) in [5.41, 5.74) is 2.24. The van der Waals surface area contributed by atoms with Gasteiger partial charge in [0.05, 0.1) is 11.9 Å². The van der Waals surface area contributed by atoms with Crippen LogP contribution in [0.4, 0.5) is 11.8 Å². The Kier molecular flexibility index (Phi) is 5.93. The number of aliphatic hydroxyl groups is 1. The van der Waals surface area contributed by atoms with E-state index < -0.39 is 5.60 Å². The van der Waals surface area contributed by atoms with Gasteiger partial charge in [-0.3, -0.25) is 0 Å². The van der Waals surface area contributed by atoms with E-state index in [1.807, 2.05) is 43.5 Å². The highest BCUT2D eigenvalue weighted by Crippen LogP contribution is 2.25. The fourth-order valence-corrected chi connectivity index (χ4v) is 3.43. The molecule has 8 nitrogen and oxygen atoms in total. The monoisotopic (exact) mass is 398 g/mol. The number of hydrogen-bond acceptors (Lipinski definition) is 7. The fraction of sp³-hybridized carbons (Fsp3) is 0.476. The first-order valence-corrected chi connectivity index (χ1v) is 9.91. The van der Waals surface area contributed by atoms with Crippen molar-refractivity contribution in [3.63, 3.8) is 0 Å². The van der Waals surface area contributed by atoms with Gasteiger partial charge < -0.3 is 25.4 Å². The van der Waals surface area contributed by atoms with Crippen molar-refractivity contribution >= 4 is 22.9 Å². The molecule has 0 fully saturated rings. The van der Waals surface area contributed by atoms with Crippen molar-refractivity contribution in [1.29, 1.82) is 0 Å². The van der Waals surface area contributed by atoms with Gasteiger partial charge in [-0.2, -0.15) is 9.97 Å². The fourth-order valence-electron chi connectivity index (χ4n) is 3.43. The molecule has 0 aliphatic heterocycles. The van der Waals surface area contributed by atoms with E-state index in [1.54, 1.807) is 20.2 Å². The van der Waals surface area contributed by atoms with E-state index >= 15 is 0 Å². The molecular formula is C21H30N6O2. The number of aromatic nitrogens is 4. The Balaban J connectivity index is 1.90. The smallest absolute Gasteiger partial charge is 0.226 e. The van der Waals surface area contributed by atoms with E-state index in [9.17, 15) is 10.2 Å². The summed E-state index contributed by atoms with van der Waals surface area (Å²) in [4.78, 5) is 13.7. The van der Waals surface area contributed by atoms with Gasteiger partial charge in [-0.15, -0.1) is 0 Å². The van der Waals surface area contributed by atoms with Crippen LogP contribution in [-0.4, -0.2) is 41.4 Å². The van der Waals surface area contributed by atoms with Crippen molar-refractivity contribution in [3.8, 4) is 5.75 Å². The van der Waals surface area contributed by atoms with Crippen LogP contribution in [0.2, 0.25) is 0 Å². The van der Waals surface area contributed by atoms with E-state index in [0.29, 0.717) is 30.2 Å². The number of benzene rings is 1. The van der Waals surface area contributed by atoms with Crippen LogP contribution in [-0.2, 0) is 13.1 Å². The lowest BCUT2D eigenvalue weighted by Crippen LogP contribution is -2.29. The highest BCUT2D eigenvalue weighted by Gasteiger charge is 2.19. The lowest BCUT2D eigenvalue weighted by atomic mass is 10.0. The van der Waals surface area contributed by atoms with Gasteiger partial charge in [-0.1, -0.05) is 18.2 Å². The zero-order valence-electron chi connectivity index (χ0n) is 17.7. The van der Waals surface area contributed by atoms with Crippen molar-refractivity contribution in [2.45, 2.75) is 65.8 Å². The maximum absolute atomic E-state index is 10.3. The molecule has 2 heterocycles. The van der Waals surface area contributed by atoms with E-state index in [-0.39, 0.29) is 11.8 Å². The van der Waals surface area contributed by atoms with Gasteiger partial charge in [0.25, 0.3) is 0 Å². The Morgan fingerprint density at radius 3 is 2.69 bits per heavy atom. The zero-order valence-corrected chi connectivity index (χ0v) is 17.7. The highest BCUT2D eigenvalue weighted by molar-refractivity contribution is 5.84. The summed E-state index contributed by atoms with van der Waals surface area (Å²) < 4.78 is 1.96. The summed E-state index contributed by atoms with van der Waals surface area (Å²) >= 11 is 0. The van der Waals surface area contributed by atoms with Crippen molar-refractivity contribution in [3.05, 3.63) is 35.7 Å². The Bertz CT molecular complexity index is 993.